The molecule has 0 amide bonds. The largest absolute Gasteiger partial charge is 0.135 e. The van der Waals surface area contributed by atoms with Crippen molar-refractivity contribution < 1.29 is 0 Å². The predicted molar refractivity (Wildman–Crippen MR) is 175 cm³/mol. The van der Waals surface area contributed by atoms with Crippen LogP contribution in [0.2, 0.25) is 0 Å². The third-order valence-corrected chi connectivity index (χ3v) is 9.28. The summed E-state index contributed by atoms with van der Waals surface area (Å²) in [6.07, 6.45) is 0. The third-order valence-electron chi connectivity index (χ3n) is 8.13. The molecule has 188 valence electrons. The van der Waals surface area contributed by atoms with Gasteiger partial charge in [0.05, 0.1) is 0 Å². The first kappa shape index (κ1) is 23.2. The van der Waals surface area contributed by atoms with Gasteiger partial charge in [-0.2, -0.15) is 0 Å². The van der Waals surface area contributed by atoms with Gasteiger partial charge in [0.25, 0.3) is 0 Å². The number of fused-ring (bicyclic) bond motifs is 5. The average Bonchev–Trinajstić information content (AvgIpc) is 3.38. The molecule has 1 heterocycles. The average molecular weight is 527 g/mol. The van der Waals surface area contributed by atoms with Crippen LogP contribution in [0.3, 0.4) is 0 Å². The molecule has 1 aromatic heterocycles. The van der Waals surface area contributed by atoms with Crippen molar-refractivity contribution in [3.8, 4) is 33.4 Å². The third kappa shape index (κ3) is 3.66. The van der Waals surface area contributed by atoms with Crippen LogP contribution in [0, 0.1) is 6.92 Å². The topological polar surface area (TPSA) is 0 Å². The van der Waals surface area contributed by atoms with Gasteiger partial charge in [0.1, 0.15) is 0 Å². The summed E-state index contributed by atoms with van der Waals surface area (Å²) in [6, 6.07) is 51.3. The zero-order valence-corrected chi connectivity index (χ0v) is 23.0. The lowest BCUT2D eigenvalue weighted by Crippen LogP contribution is -1.91. The molecule has 0 atom stereocenters. The summed E-state index contributed by atoms with van der Waals surface area (Å²) in [4.78, 5) is 0. The van der Waals surface area contributed by atoms with Crippen molar-refractivity contribution in [3.63, 3.8) is 0 Å². The molecule has 0 bridgehead atoms. The zero-order valence-electron chi connectivity index (χ0n) is 22.2. The van der Waals surface area contributed by atoms with Gasteiger partial charge in [-0.15, -0.1) is 11.3 Å². The first-order valence-electron chi connectivity index (χ1n) is 13.8. The molecule has 0 saturated carbocycles. The summed E-state index contributed by atoms with van der Waals surface area (Å²) >= 11 is 1.87. The Bertz CT molecular complexity index is 2200. The highest BCUT2D eigenvalue weighted by molar-refractivity contribution is 7.25. The van der Waals surface area contributed by atoms with E-state index in [9.17, 15) is 0 Å². The highest BCUT2D eigenvalue weighted by Gasteiger charge is 2.18. The van der Waals surface area contributed by atoms with Gasteiger partial charge >= 0.3 is 0 Å². The summed E-state index contributed by atoms with van der Waals surface area (Å²) in [7, 11) is 0. The molecule has 1 heteroatoms. The number of thiophene rings is 1. The maximum atomic E-state index is 2.41. The molecule has 40 heavy (non-hydrogen) atoms. The molecule has 0 aliphatic rings. The van der Waals surface area contributed by atoms with Crippen LogP contribution in [-0.4, -0.2) is 0 Å². The molecular weight excluding hydrogens is 500 g/mol. The fourth-order valence-corrected chi connectivity index (χ4v) is 7.34. The Kier molecular flexibility index (Phi) is 5.33. The molecule has 0 unspecified atom stereocenters. The Morgan fingerprint density at radius 2 is 0.900 bits per heavy atom. The van der Waals surface area contributed by atoms with Gasteiger partial charge in [-0.25, -0.2) is 0 Å². The predicted octanol–water partition coefficient (Wildman–Crippen LogP) is 11.7. The molecule has 8 rings (SSSR count). The Morgan fingerprint density at radius 3 is 1.68 bits per heavy atom. The lowest BCUT2D eigenvalue weighted by atomic mass is 9.85. The lowest BCUT2D eigenvalue weighted by Gasteiger charge is -2.18. The maximum absolute atomic E-state index is 2.41. The van der Waals surface area contributed by atoms with Crippen LogP contribution in [0.4, 0.5) is 0 Å². The van der Waals surface area contributed by atoms with Crippen molar-refractivity contribution in [1.29, 1.82) is 0 Å². The van der Waals surface area contributed by atoms with Crippen molar-refractivity contribution in [2.24, 2.45) is 0 Å². The van der Waals surface area contributed by atoms with Gasteiger partial charge in [0, 0.05) is 20.2 Å². The monoisotopic (exact) mass is 526 g/mol. The second kappa shape index (κ2) is 9.19. The smallest absolute Gasteiger partial charge is 0.0355 e. The fraction of sp³-hybridized carbons (Fsp3) is 0.0256. The van der Waals surface area contributed by atoms with E-state index < -0.39 is 0 Å². The second-order valence-electron chi connectivity index (χ2n) is 10.6. The summed E-state index contributed by atoms with van der Waals surface area (Å²) in [6.45, 7) is 2.20. The van der Waals surface area contributed by atoms with E-state index in [1.165, 1.54) is 80.7 Å². The molecule has 0 aliphatic heterocycles. The van der Waals surface area contributed by atoms with E-state index in [1.54, 1.807) is 0 Å². The minimum absolute atomic E-state index is 1.24. The minimum Gasteiger partial charge on any atom is -0.135 e. The van der Waals surface area contributed by atoms with Crippen molar-refractivity contribution in [1.82, 2.24) is 0 Å². The SMILES string of the molecule is Cc1ccc2c(-c3ccc(-c4ccccc4)cc3)c3ccccc3c(-c3ccc4sc5ccccc5c4c3)c2c1. The second-order valence-corrected chi connectivity index (χ2v) is 11.7. The molecule has 0 spiro atoms. The van der Waals surface area contributed by atoms with E-state index >= 15 is 0 Å². The molecule has 0 radical (unpaired) electrons. The van der Waals surface area contributed by atoms with E-state index in [0.717, 1.165) is 0 Å². The van der Waals surface area contributed by atoms with Gasteiger partial charge < -0.3 is 0 Å². The van der Waals surface area contributed by atoms with E-state index in [4.69, 9.17) is 0 Å². The summed E-state index contributed by atoms with van der Waals surface area (Å²) in [5, 5.41) is 7.85. The quantitative estimate of drug-likeness (QED) is 0.201. The highest BCUT2D eigenvalue weighted by atomic mass is 32.1. The van der Waals surface area contributed by atoms with E-state index in [0.29, 0.717) is 0 Å². The summed E-state index contributed by atoms with van der Waals surface area (Å²) in [5.41, 5.74) is 8.89. The number of benzene rings is 7. The van der Waals surface area contributed by atoms with E-state index in [2.05, 4.69) is 146 Å². The number of hydrogen-bond donors (Lipinski definition) is 0. The maximum Gasteiger partial charge on any atom is 0.0355 e. The first-order chi connectivity index (χ1) is 19.7. The van der Waals surface area contributed by atoms with Gasteiger partial charge in [-0.3, -0.25) is 0 Å². The van der Waals surface area contributed by atoms with Gasteiger partial charge in [0.2, 0.25) is 0 Å². The van der Waals surface area contributed by atoms with E-state index in [1.807, 2.05) is 11.3 Å². The summed E-state index contributed by atoms with van der Waals surface area (Å²) in [5.74, 6) is 0. The van der Waals surface area contributed by atoms with Crippen molar-refractivity contribution in [2.75, 3.05) is 0 Å². The standard InChI is InChI=1S/C39H26S/c1-25-15-21-33-35(23-25)39(29-20-22-37-34(24-29)30-11-7-8-14-36(30)40-37)32-13-6-5-12-31(32)38(33)28-18-16-27(17-19-28)26-9-3-2-4-10-26/h2-24H,1H3. The van der Waals surface area contributed by atoms with Crippen molar-refractivity contribution in [2.45, 2.75) is 6.92 Å². The number of rotatable bonds is 3. The molecule has 0 aliphatic carbocycles. The van der Waals surface area contributed by atoms with Gasteiger partial charge in [-0.1, -0.05) is 127 Å². The minimum atomic E-state index is 1.24. The zero-order chi connectivity index (χ0) is 26.6. The van der Waals surface area contributed by atoms with Crippen LogP contribution in [0.25, 0.3) is 75.1 Å². The van der Waals surface area contributed by atoms with E-state index in [-0.39, 0.29) is 0 Å². The van der Waals surface area contributed by atoms with Crippen LogP contribution in [0.15, 0.2) is 140 Å². The molecule has 0 nitrogen and oxygen atoms in total. The molecule has 7 aromatic carbocycles. The lowest BCUT2D eigenvalue weighted by molar-refractivity contribution is 1.51. The molecule has 0 N–H and O–H groups in total. The van der Waals surface area contributed by atoms with Crippen LogP contribution < -0.4 is 0 Å². The van der Waals surface area contributed by atoms with Crippen LogP contribution in [0.5, 0.6) is 0 Å². The molecule has 0 fully saturated rings. The Morgan fingerprint density at radius 1 is 0.350 bits per heavy atom. The molecule has 0 saturated heterocycles. The first-order valence-corrected chi connectivity index (χ1v) is 14.6. The Balaban J connectivity index is 1.42. The van der Waals surface area contributed by atoms with Crippen LogP contribution >= 0.6 is 11.3 Å². The summed E-state index contributed by atoms with van der Waals surface area (Å²) < 4.78 is 2.68. The van der Waals surface area contributed by atoms with Crippen LogP contribution in [-0.2, 0) is 0 Å². The Hall–Kier alpha value is -4.72. The Labute approximate surface area is 237 Å². The highest BCUT2D eigenvalue weighted by Crippen LogP contribution is 2.45. The molecule has 8 aromatic rings. The molecular formula is C39H26S. The number of hydrogen-bond acceptors (Lipinski definition) is 1. The normalized spacial score (nSPS) is 11.6. The van der Waals surface area contributed by atoms with Crippen molar-refractivity contribution in [3.05, 3.63) is 145 Å². The van der Waals surface area contributed by atoms with Crippen molar-refractivity contribution >= 4 is 53.1 Å². The van der Waals surface area contributed by atoms with Crippen LogP contribution in [0.1, 0.15) is 5.56 Å². The fourth-order valence-electron chi connectivity index (χ4n) is 6.26. The van der Waals surface area contributed by atoms with Gasteiger partial charge in [-0.05, 0) is 80.0 Å². The van der Waals surface area contributed by atoms with Gasteiger partial charge in [0.15, 0.2) is 0 Å². The number of aryl methyl sites for hydroxylation is 1.